The zero-order valence-corrected chi connectivity index (χ0v) is 17.4. The van der Waals surface area contributed by atoms with Crippen LogP contribution in [0.1, 0.15) is 17.8 Å². The number of anilines is 2. The smallest absolute Gasteiger partial charge is 0.225 e. The maximum Gasteiger partial charge on any atom is 0.225 e. The molecule has 0 unspecified atom stereocenters. The van der Waals surface area contributed by atoms with Gasteiger partial charge in [0.15, 0.2) is 0 Å². The Balaban J connectivity index is 1.63. The summed E-state index contributed by atoms with van der Waals surface area (Å²) in [6, 6.07) is 7.28. The summed E-state index contributed by atoms with van der Waals surface area (Å²) in [5.41, 5.74) is 3.51. The molecule has 0 aromatic carbocycles. The summed E-state index contributed by atoms with van der Waals surface area (Å²) in [6.07, 6.45) is 0.224. The summed E-state index contributed by atoms with van der Waals surface area (Å²) in [5.74, 6) is 0.664. The maximum absolute atomic E-state index is 10.4. The van der Waals surface area contributed by atoms with Crippen LogP contribution in [0.25, 0.3) is 11.1 Å². The number of nitrogens with zero attached hydrogens (tertiary/aromatic N) is 3. The first kappa shape index (κ1) is 20.7. The van der Waals surface area contributed by atoms with E-state index in [4.69, 9.17) is 0 Å². The predicted molar refractivity (Wildman–Crippen MR) is 116 cm³/mol. The number of aliphatic hydroxyl groups is 3. The van der Waals surface area contributed by atoms with Crippen LogP contribution in [-0.4, -0.2) is 55.1 Å². The molecule has 8 nitrogen and oxygen atoms in total. The molecule has 30 heavy (non-hydrogen) atoms. The van der Waals surface area contributed by atoms with E-state index in [0.717, 1.165) is 22.5 Å². The first-order valence-electron chi connectivity index (χ1n) is 9.85. The lowest BCUT2D eigenvalue weighted by Crippen LogP contribution is -2.35. The van der Waals surface area contributed by atoms with Gasteiger partial charge in [0.05, 0.1) is 30.1 Å². The molecule has 158 valence electrons. The third-order valence-corrected chi connectivity index (χ3v) is 6.10. The van der Waals surface area contributed by atoms with E-state index in [1.165, 1.54) is 0 Å². The molecule has 0 radical (unpaired) electrons. The Bertz CT molecular complexity index is 970. The number of rotatable bonds is 7. The maximum atomic E-state index is 10.4. The van der Waals surface area contributed by atoms with Crippen molar-refractivity contribution in [2.75, 3.05) is 17.2 Å². The van der Waals surface area contributed by atoms with Crippen LogP contribution in [0, 0.1) is 12.8 Å². The second-order valence-electron chi connectivity index (χ2n) is 7.45. The van der Waals surface area contributed by atoms with Gasteiger partial charge in [0, 0.05) is 24.3 Å². The molecule has 0 bridgehead atoms. The summed E-state index contributed by atoms with van der Waals surface area (Å²) in [7, 11) is 0. The third-order valence-electron chi connectivity index (χ3n) is 5.41. The fourth-order valence-corrected chi connectivity index (χ4v) is 4.45. The molecule has 0 amide bonds. The minimum Gasteiger partial charge on any atom is -0.396 e. The van der Waals surface area contributed by atoms with E-state index < -0.39 is 18.2 Å². The van der Waals surface area contributed by atoms with Crippen LogP contribution in [-0.2, 0) is 6.54 Å². The summed E-state index contributed by atoms with van der Waals surface area (Å²) in [5, 5.41) is 40.6. The van der Waals surface area contributed by atoms with Gasteiger partial charge in [-0.1, -0.05) is 6.07 Å². The molecule has 0 saturated heterocycles. The predicted octanol–water partition coefficient (Wildman–Crippen LogP) is 2.04. The summed E-state index contributed by atoms with van der Waals surface area (Å²) >= 11 is 1.58. The van der Waals surface area contributed by atoms with Gasteiger partial charge in [-0.3, -0.25) is 4.98 Å². The van der Waals surface area contributed by atoms with Crippen LogP contribution in [0.5, 0.6) is 0 Å². The highest BCUT2D eigenvalue weighted by atomic mass is 32.1. The van der Waals surface area contributed by atoms with Crippen molar-refractivity contribution in [1.29, 1.82) is 0 Å². The highest BCUT2D eigenvalue weighted by molar-refractivity contribution is 7.08. The highest BCUT2D eigenvalue weighted by Gasteiger charge is 2.41. The van der Waals surface area contributed by atoms with E-state index in [-0.39, 0.29) is 12.5 Å². The number of hydrogen-bond donors (Lipinski definition) is 5. The molecule has 4 atom stereocenters. The summed E-state index contributed by atoms with van der Waals surface area (Å²) in [6.45, 7) is 2.23. The van der Waals surface area contributed by atoms with E-state index in [1.54, 1.807) is 17.5 Å². The van der Waals surface area contributed by atoms with Gasteiger partial charge in [-0.15, -0.1) is 0 Å². The second-order valence-corrected chi connectivity index (χ2v) is 8.23. The van der Waals surface area contributed by atoms with Crippen molar-refractivity contribution in [3.05, 3.63) is 52.6 Å². The van der Waals surface area contributed by atoms with Gasteiger partial charge < -0.3 is 26.0 Å². The molecule has 0 spiro atoms. The van der Waals surface area contributed by atoms with Crippen LogP contribution >= 0.6 is 11.3 Å². The van der Waals surface area contributed by atoms with Crippen LogP contribution in [0.4, 0.5) is 11.8 Å². The number of aliphatic hydroxyl groups excluding tert-OH is 3. The number of aryl methyl sites for hydroxylation is 1. The fraction of sp³-hybridized carbons (Fsp3) is 0.381. The molecule has 1 saturated carbocycles. The molecule has 3 aromatic heterocycles. The molecule has 5 N–H and O–H groups in total. The van der Waals surface area contributed by atoms with Gasteiger partial charge in [0.25, 0.3) is 0 Å². The number of nitrogens with one attached hydrogen (secondary N) is 2. The molecular formula is C21H25N5O3S. The standard InChI is InChI=1S/C21H25N5O3S/c1-12-17(13-5-7-30-11-13)20(25-16-8-14(10-27)18(28)19(16)29)26-21(24-12)23-9-15-4-2-3-6-22-15/h2-7,11,14,16,18-19,27-29H,8-10H2,1H3,(H2,23,24,25,26)/t14-,16-,18-,19+/m1/s1. The average Bonchev–Trinajstić information content (AvgIpc) is 3.37. The average molecular weight is 428 g/mol. The van der Waals surface area contributed by atoms with Gasteiger partial charge in [0.1, 0.15) is 11.9 Å². The minimum absolute atomic E-state index is 0.173. The molecule has 9 heteroatoms. The monoisotopic (exact) mass is 427 g/mol. The van der Waals surface area contributed by atoms with E-state index in [0.29, 0.717) is 24.7 Å². The van der Waals surface area contributed by atoms with Gasteiger partial charge in [-0.25, -0.2) is 4.98 Å². The van der Waals surface area contributed by atoms with E-state index >= 15 is 0 Å². The quantitative estimate of drug-likeness (QED) is 0.388. The molecule has 0 aliphatic heterocycles. The summed E-state index contributed by atoms with van der Waals surface area (Å²) < 4.78 is 0. The Morgan fingerprint density at radius 2 is 2.03 bits per heavy atom. The first-order chi connectivity index (χ1) is 14.6. The zero-order chi connectivity index (χ0) is 21.1. The van der Waals surface area contributed by atoms with Crippen molar-refractivity contribution >= 4 is 23.1 Å². The number of aromatic nitrogens is 3. The lowest BCUT2D eigenvalue weighted by Gasteiger charge is -2.21. The van der Waals surface area contributed by atoms with Gasteiger partial charge in [0.2, 0.25) is 5.95 Å². The molecule has 3 aromatic rings. The molecular weight excluding hydrogens is 402 g/mol. The lowest BCUT2D eigenvalue weighted by molar-refractivity contribution is 0.00446. The SMILES string of the molecule is Cc1nc(NCc2ccccn2)nc(N[C@@H]2C[C@H](CO)[C@@H](O)[C@H]2O)c1-c1ccsc1. The van der Waals surface area contributed by atoms with Crippen LogP contribution in [0.15, 0.2) is 41.2 Å². The van der Waals surface area contributed by atoms with Gasteiger partial charge >= 0.3 is 0 Å². The highest BCUT2D eigenvalue weighted by Crippen LogP contribution is 2.35. The Kier molecular flexibility index (Phi) is 6.24. The van der Waals surface area contributed by atoms with Crippen molar-refractivity contribution in [1.82, 2.24) is 15.0 Å². The number of hydrogen-bond acceptors (Lipinski definition) is 9. The van der Waals surface area contributed by atoms with Crippen LogP contribution < -0.4 is 10.6 Å². The third kappa shape index (κ3) is 4.29. The Morgan fingerprint density at radius 3 is 2.70 bits per heavy atom. The fourth-order valence-electron chi connectivity index (χ4n) is 3.81. The second kappa shape index (κ2) is 9.05. The molecule has 4 rings (SSSR count). The van der Waals surface area contributed by atoms with Crippen molar-refractivity contribution in [2.24, 2.45) is 5.92 Å². The molecule has 1 aliphatic carbocycles. The van der Waals surface area contributed by atoms with Crippen molar-refractivity contribution < 1.29 is 15.3 Å². The first-order valence-corrected chi connectivity index (χ1v) is 10.8. The van der Waals surface area contributed by atoms with Crippen molar-refractivity contribution in [2.45, 2.75) is 38.1 Å². The van der Waals surface area contributed by atoms with Crippen molar-refractivity contribution in [3.63, 3.8) is 0 Å². The summed E-state index contributed by atoms with van der Waals surface area (Å²) in [4.78, 5) is 13.6. The van der Waals surface area contributed by atoms with E-state index in [9.17, 15) is 15.3 Å². The zero-order valence-electron chi connectivity index (χ0n) is 16.6. The Labute approximate surface area is 178 Å². The Hall–Kier alpha value is -2.59. The molecule has 1 aliphatic rings. The van der Waals surface area contributed by atoms with E-state index in [2.05, 4.69) is 25.6 Å². The van der Waals surface area contributed by atoms with E-state index in [1.807, 2.05) is 41.9 Å². The number of pyridine rings is 1. The van der Waals surface area contributed by atoms with Gasteiger partial charge in [-0.05, 0) is 47.9 Å². The van der Waals surface area contributed by atoms with Crippen molar-refractivity contribution in [3.8, 4) is 11.1 Å². The normalized spacial score (nSPS) is 23.5. The van der Waals surface area contributed by atoms with Gasteiger partial charge in [-0.2, -0.15) is 16.3 Å². The van der Waals surface area contributed by atoms with Crippen LogP contribution in [0.2, 0.25) is 0 Å². The largest absolute Gasteiger partial charge is 0.396 e. The topological polar surface area (TPSA) is 123 Å². The van der Waals surface area contributed by atoms with Crippen LogP contribution in [0.3, 0.4) is 0 Å². The minimum atomic E-state index is -0.988. The lowest BCUT2D eigenvalue weighted by atomic mass is 10.1. The Morgan fingerprint density at radius 1 is 1.17 bits per heavy atom. The number of thiophene rings is 1. The molecule has 3 heterocycles. The molecule has 1 fully saturated rings.